The molecule has 1 aliphatic heterocycles. The molecule has 1 aliphatic rings. The van der Waals surface area contributed by atoms with E-state index in [2.05, 4.69) is 32.3 Å². The number of anilines is 1. The molecule has 0 spiro atoms. The molecular formula is C18H24N4O2. The molecule has 24 heavy (non-hydrogen) atoms. The zero-order chi connectivity index (χ0) is 16.8. The molecule has 128 valence electrons. The Morgan fingerprint density at radius 1 is 1.08 bits per heavy atom. The van der Waals surface area contributed by atoms with Crippen LogP contribution in [0.4, 0.5) is 5.95 Å². The lowest BCUT2D eigenvalue weighted by Crippen LogP contribution is -2.38. The van der Waals surface area contributed by atoms with Gasteiger partial charge >= 0.3 is 0 Å². The topological polar surface area (TPSA) is 59.5 Å². The summed E-state index contributed by atoms with van der Waals surface area (Å²) in [5.74, 6) is 2.27. The highest BCUT2D eigenvalue weighted by molar-refractivity contribution is 5.42. The van der Waals surface area contributed by atoms with E-state index in [-0.39, 0.29) is 0 Å². The molecule has 0 amide bonds. The fraction of sp³-hybridized carbons (Fsp3) is 0.444. The maximum absolute atomic E-state index is 5.38. The van der Waals surface area contributed by atoms with Gasteiger partial charge in [-0.15, -0.1) is 0 Å². The minimum absolute atomic E-state index is 0.439. The van der Waals surface area contributed by atoms with Crippen LogP contribution in [0, 0.1) is 0 Å². The van der Waals surface area contributed by atoms with Gasteiger partial charge in [0.25, 0.3) is 0 Å². The van der Waals surface area contributed by atoms with Crippen molar-refractivity contribution in [3.8, 4) is 11.5 Å². The summed E-state index contributed by atoms with van der Waals surface area (Å²) in [4.78, 5) is 10.9. The number of nitrogens with zero attached hydrogens (tertiary/aromatic N) is 3. The summed E-state index contributed by atoms with van der Waals surface area (Å²) in [6, 6.07) is 8.39. The van der Waals surface area contributed by atoms with E-state index in [4.69, 9.17) is 9.47 Å². The third-order valence-electron chi connectivity index (χ3n) is 4.34. The molecule has 1 aromatic heterocycles. The third-order valence-corrected chi connectivity index (χ3v) is 4.34. The molecule has 0 radical (unpaired) electrons. The molecule has 0 bridgehead atoms. The Balaban J connectivity index is 1.52. The fourth-order valence-corrected chi connectivity index (χ4v) is 3.03. The molecule has 0 aliphatic carbocycles. The van der Waals surface area contributed by atoms with Crippen molar-refractivity contribution in [2.75, 3.05) is 32.6 Å². The number of methoxy groups -OCH3 is 2. The van der Waals surface area contributed by atoms with Crippen LogP contribution in [0.2, 0.25) is 0 Å². The van der Waals surface area contributed by atoms with Crippen LogP contribution in [0.5, 0.6) is 11.5 Å². The summed E-state index contributed by atoms with van der Waals surface area (Å²) in [6.07, 6.45) is 5.71. The summed E-state index contributed by atoms with van der Waals surface area (Å²) >= 11 is 0. The predicted octanol–water partition coefficient (Wildman–Crippen LogP) is 2.57. The van der Waals surface area contributed by atoms with Gasteiger partial charge in [-0.2, -0.15) is 0 Å². The lowest BCUT2D eigenvalue weighted by atomic mass is 10.0. The van der Waals surface area contributed by atoms with E-state index in [1.807, 2.05) is 12.1 Å². The van der Waals surface area contributed by atoms with Crippen molar-refractivity contribution in [3.05, 3.63) is 42.2 Å². The monoisotopic (exact) mass is 328 g/mol. The normalized spacial score (nSPS) is 15.9. The highest BCUT2D eigenvalue weighted by Crippen LogP contribution is 2.28. The maximum atomic E-state index is 5.38. The molecule has 0 saturated carbocycles. The SMILES string of the molecule is COc1ccc(CN2CCC(Nc3ncccn3)CC2)cc1OC. The van der Waals surface area contributed by atoms with Crippen molar-refractivity contribution in [1.29, 1.82) is 0 Å². The van der Waals surface area contributed by atoms with Crippen LogP contribution in [-0.2, 0) is 6.54 Å². The van der Waals surface area contributed by atoms with E-state index in [0.717, 1.165) is 49.9 Å². The van der Waals surface area contributed by atoms with Gasteiger partial charge in [0.15, 0.2) is 11.5 Å². The number of rotatable bonds is 6. The third kappa shape index (κ3) is 4.14. The number of hydrogen-bond donors (Lipinski definition) is 1. The maximum Gasteiger partial charge on any atom is 0.222 e. The van der Waals surface area contributed by atoms with Crippen molar-refractivity contribution in [3.63, 3.8) is 0 Å². The largest absolute Gasteiger partial charge is 0.493 e. The van der Waals surface area contributed by atoms with Crippen LogP contribution in [-0.4, -0.2) is 48.2 Å². The summed E-state index contributed by atoms with van der Waals surface area (Å²) in [6.45, 7) is 3.03. The number of nitrogens with one attached hydrogen (secondary N) is 1. The zero-order valence-electron chi connectivity index (χ0n) is 14.2. The van der Waals surface area contributed by atoms with E-state index in [1.54, 1.807) is 26.6 Å². The number of benzene rings is 1. The summed E-state index contributed by atoms with van der Waals surface area (Å²) in [5, 5.41) is 3.41. The van der Waals surface area contributed by atoms with Gasteiger partial charge in [0.05, 0.1) is 14.2 Å². The van der Waals surface area contributed by atoms with Crippen molar-refractivity contribution >= 4 is 5.95 Å². The van der Waals surface area contributed by atoms with Gasteiger partial charge < -0.3 is 14.8 Å². The smallest absolute Gasteiger partial charge is 0.222 e. The second kappa shape index (κ2) is 7.97. The van der Waals surface area contributed by atoms with Crippen molar-refractivity contribution in [1.82, 2.24) is 14.9 Å². The van der Waals surface area contributed by atoms with Gasteiger partial charge in [0.2, 0.25) is 5.95 Å². The van der Waals surface area contributed by atoms with Crippen LogP contribution < -0.4 is 14.8 Å². The summed E-state index contributed by atoms with van der Waals surface area (Å²) in [7, 11) is 3.33. The predicted molar refractivity (Wildman–Crippen MR) is 93.5 cm³/mol. The van der Waals surface area contributed by atoms with Gasteiger partial charge in [-0.3, -0.25) is 4.90 Å². The van der Waals surface area contributed by atoms with E-state index in [9.17, 15) is 0 Å². The summed E-state index contributed by atoms with van der Waals surface area (Å²) in [5.41, 5.74) is 1.24. The Hall–Kier alpha value is -2.34. The Kier molecular flexibility index (Phi) is 5.48. The number of likely N-dealkylation sites (tertiary alicyclic amines) is 1. The van der Waals surface area contributed by atoms with E-state index < -0.39 is 0 Å². The Labute approximate surface area is 142 Å². The molecule has 2 aromatic rings. The second-order valence-electron chi connectivity index (χ2n) is 5.96. The van der Waals surface area contributed by atoms with Crippen LogP contribution >= 0.6 is 0 Å². The van der Waals surface area contributed by atoms with Gasteiger partial charge in [-0.25, -0.2) is 9.97 Å². The average molecular weight is 328 g/mol. The zero-order valence-corrected chi connectivity index (χ0v) is 14.2. The van der Waals surface area contributed by atoms with Crippen LogP contribution in [0.3, 0.4) is 0 Å². The summed E-state index contributed by atoms with van der Waals surface area (Å²) < 4.78 is 10.7. The molecular weight excluding hydrogens is 304 g/mol. The fourth-order valence-electron chi connectivity index (χ4n) is 3.03. The number of hydrogen-bond acceptors (Lipinski definition) is 6. The lowest BCUT2D eigenvalue weighted by Gasteiger charge is -2.32. The molecule has 2 heterocycles. The Morgan fingerprint density at radius 3 is 2.46 bits per heavy atom. The molecule has 0 atom stereocenters. The first-order valence-corrected chi connectivity index (χ1v) is 8.25. The Morgan fingerprint density at radius 2 is 1.79 bits per heavy atom. The highest BCUT2D eigenvalue weighted by Gasteiger charge is 2.20. The minimum Gasteiger partial charge on any atom is -0.493 e. The molecule has 1 aromatic carbocycles. The van der Waals surface area contributed by atoms with Crippen molar-refractivity contribution in [2.45, 2.75) is 25.4 Å². The van der Waals surface area contributed by atoms with E-state index in [0.29, 0.717) is 6.04 Å². The highest BCUT2D eigenvalue weighted by atomic mass is 16.5. The number of piperidine rings is 1. The second-order valence-corrected chi connectivity index (χ2v) is 5.96. The van der Waals surface area contributed by atoms with E-state index >= 15 is 0 Å². The van der Waals surface area contributed by atoms with Crippen LogP contribution in [0.15, 0.2) is 36.7 Å². The quantitative estimate of drug-likeness (QED) is 0.879. The van der Waals surface area contributed by atoms with Crippen molar-refractivity contribution in [2.24, 2.45) is 0 Å². The molecule has 6 heteroatoms. The molecule has 1 saturated heterocycles. The van der Waals surface area contributed by atoms with Crippen molar-refractivity contribution < 1.29 is 9.47 Å². The number of aromatic nitrogens is 2. The van der Waals surface area contributed by atoms with Gasteiger partial charge in [0.1, 0.15) is 0 Å². The molecule has 1 N–H and O–H groups in total. The number of ether oxygens (including phenoxy) is 2. The first-order chi connectivity index (χ1) is 11.8. The molecule has 1 fully saturated rings. The minimum atomic E-state index is 0.439. The van der Waals surface area contributed by atoms with Gasteiger partial charge in [-0.05, 0) is 36.6 Å². The molecule has 3 rings (SSSR count). The standard InChI is InChI=1S/C18H24N4O2/c1-23-16-5-4-14(12-17(16)24-2)13-22-10-6-15(7-11-22)21-18-19-8-3-9-20-18/h3-5,8-9,12,15H,6-7,10-11,13H2,1-2H3,(H,19,20,21). The Bertz CT molecular complexity index is 643. The lowest BCUT2D eigenvalue weighted by molar-refractivity contribution is 0.210. The molecule has 6 nitrogen and oxygen atoms in total. The van der Waals surface area contributed by atoms with Gasteiger partial charge in [-0.1, -0.05) is 6.07 Å². The average Bonchev–Trinajstić information content (AvgIpc) is 2.64. The van der Waals surface area contributed by atoms with E-state index in [1.165, 1.54) is 5.56 Å². The first-order valence-electron chi connectivity index (χ1n) is 8.25. The molecule has 0 unspecified atom stereocenters. The first kappa shape index (κ1) is 16.5. The van der Waals surface area contributed by atoms with Gasteiger partial charge in [0, 0.05) is 38.1 Å². The van der Waals surface area contributed by atoms with Crippen LogP contribution in [0.1, 0.15) is 18.4 Å². The van der Waals surface area contributed by atoms with Crippen LogP contribution in [0.25, 0.3) is 0 Å².